The van der Waals surface area contributed by atoms with Crippen molar-refractivity contribution in [1.29, 1.82) is 0 Å². The Morgan fingerprint density at radius 2 is 1.91 bits per heavy atom. The van der Waals surface area contributed by atoms with Crippen molar-refractivity contribution in [1.82, 2.24) is 9.97 Å². The molecule has 1 aromatic heterocycles. The van der Waals surface area contributed by atoms with Gasteiger partial charge in [0.25, 0.3) is 0 Å². The highest BCUT2D eigenvalue weighted by Crippen LogP contribution is 2.32. The SMILES string of the molecule is CC1Cc2ccccc2N1C(=S)Nc1ccc2nccnc2c1. The number of benzene rings is 2. The van der Waals surface area contributed by atoms with E-state index in [0.29, 0.717) is 11.2 Å². The molecule has 114 valence electrons. The molecule has 23 heavy (non-hydrogen) atoms. The first kappa shape index (κ1) is 14.1. The van der Waals surface area contributed by atoms with E-state index >= 15 is 0 Å². The van der Waals surface area contributed by atoms with Gasteiger partial charge in [0.15, 0.2) is 5.11 Å². The summed E-state index contributed by atoms with van der Waals surface area (Å²) in [5.41, 5.74) is 5.20. The Bertz CT molecular complexity index is 893. The Kier molecular flexibility index (Phi) is 3.42. The molecule has 2 aromatic carbocycles. The van der Waals surface area contributed by atoms with Gasteiger partial charge in [-0.1, -0.05) is 18.2 Å². The molecule has 1 N–H and O–H groups in total. The zero-order valence-electron chi connectivity index (χ0n) is 12.7. The lowest BCUT2D eigenvalue weighted by Crippen LogP contribution is -2.38. The summed E-state index contributed by atoms with van der Waals surface area (Å²) in [6, 6.07) is 14.7. The largest absolute Gasteiger partial charge is 0.332 e. The van der Waals surface area contributed by atoms with Crippen LogP contribution in [0.5, 0.6) is 0 Å². The molecule has 4 rings (SSSR count). The quantitative estimate of drug-likeness (QED) is 0.691. The van der Waals surface area contributed by atoms with Crippen molar-refractivity contribution in [2.24, 2.45) is 0 Å². The first-order valence-corrected chi connectivity index (χ1v) is 8.02. The fourth-order valence-electron chi connectivity index (χ4n) is 3.10. The molecular weight excluding hydrogens is 304 g/mol. The van der Waals surface area contributed by atoms with Crippen LogP contribution in [-0.4, -0.2) is 21.1 Å². The number of para-hydroxylation sites is 1. The maximum absolute atomic E-state index is 5.65. The summed E-state index contributed by atoms with van der Waals surface area (Å²) in [7, 11) is 0. The average molecular weight is 320 g/mol. The number of nitrogens with zero attached hydrogens (tertiary/aromatic N) is 3. The maximum Gasteiger partial charge on any atom is 0.178 e. The minimum absolute atomic E-state index is 0.354. The highest BCUT2D eigenvalue weighted by atomic mass is 32.1. The first-order chi connectivity index (χ1) is 11.2. The van der Waals surface area contributed by atoms with Gasteiger partial charge < -0.3 is 10.2 Å². The van der Waals surface area contributed by atoms with Crippen LogP contribution in [0, 0.1) is 0 Å². The summed E-state index contributed by atoms with van der Waals surface area (Å²) in [6.45, 7) is 2.19. The summed E-state index contributed by atoms with van der Waals surface area (Å²) in [5.74, 6) is 0. The van der Waals surface area contributed by atoms with Gasteiger partial charge in [0.05, 0.1) is 11.0 Å². The van der Waals surface area contributed by atoms with E-state index in [0.717, 1.165) is 23.1 Å². The summed E-state index contributed by atoms with van der Waals surface area (Å²) >= 11 is 5.65. The summed E-state index contributed by atoms with van der Waals surface area (Å²) < 4.78 is 0. The number of hydrogen-bond donors (Lipinski definition) is 1. The molecule has 0 spiro atoms. The molecule has 1 atom stereocenters. The first-order valence-electron chi connectivity index (χ1n) is 7.61. The molecule has 0 radical (unpaired) electrons. The maximum atomic E-state index is 5.65. The number of thiocarbonyl (C=S) groups is 1. The van der Waals surface area contributed by atoms with E-state index in [1.165, 1.54) is 11.3 Å². The van der Waals surface area contributed by atoms with Crippen molar-refractivity contribution in [3.05, 3.63) is 60.4 Å². The van der Waals surface area contributed by atoms with Crippen molar-refractivity contribution in [2.75, 3.05) is 10.2 Å². The van der Waals surface area contributed by atoms with Crippen molar-refractivity contribution < 1.29 is 0 Å². The van der Waals surface area contributed by atoms with Crippen LogP contribution in [0.2, 0.25) is 0 Å². The minimum atomic E-state index is 0.354. The average Bonchev–Trinajstić information content (AvgIpc) is 2.90. The van der Waals surface area contributed by atoms with Gasteiger partial charge in [-0.3, -0.25) is 9.97 Å². The van der Waals surface area contributed by atoms with E-state index in [-0.39, 0.29) is 0 Å². The van der Waals surface area contributed by atoms with Crippen LogP contribution >= 0.6 is 12.2 Å². The van der Waals surface area contributed by atoms with E-state index in [1.54, 1.807) is 12.4 Å². The van der Waals surface area contributed by atoms with Crippen molar-refractivity contribution in [3.8, 4) is 0 Å². The van der Waals surface area contributed by atoms with Gasteiger partial charge in [-0.2, -0.15) is 0 Å². The number of aromatic nitrogens is 2. The van der Waals surface area contributed by atoms with Crippen LogP contribution in [0.15, 0.2) is 54.9 Å². The van der Waals surface area contributed by atoms with Crippen LogP contribution in [0.1, 0.15) is 12.5 Å². The lowest BCUT2D eigenvalue weighted by molar-refractivity contribution is 0.776. The second-order valence-electron chi connectivity index (χ2n) is 5.74. The lowest BCUT2D eigenvalue weighted by Gasteiger charge is -2.26. The van der Waals surface area contributed by atoms with Crippen LogP contribution in [0.4, 0.5) is 11.4 Å². The Morgan fingerprint density at radius 3 is 2.78 bits per heavy atom. The second kappa shape index (κ2) is 5.59. The van der Waals surface area contributed by atoms with Crippen LogP contribution in [0.25, 0.3) is 11.0 Å². The molecule has 2 heterocycles. The van der Waals surface area contributed by atoms with Gasteiger partial charge in [0.2, 0.25) is 0 Å². The molecule has 0 bridgehead atoms. The van der Waals surface area contributed by atoms with Gasteiger partial charge in [-0.25, -0.2) is 0 Å². The third kappa shape index (κ3) is 2.53. The highest BCUT2D eigenvalue weighted by molar-refractivity contribution is 7.80. The van der Waals surface area contributed by atoms with E-state index in [9.17, 15) is 0 Å². The monoisotopic (exact) mass is 320 g/mol. The molecule has 3 aromatic rings. The summed E-state index contributed by atoms with van der Waals surface area (Å²) in [5, 5.41) is 4.05. The van der Waals surface area contributed by atoms with Crippen LogP contribution in [0.3, 0.4) is 0 Å². The van der Waals surface area contributed by atoms with Gasteiger partial charge >= 0.3 is 0 Å². The van der Waals surface area contributed by atoms with E-state index in [1.807, 2.05) is 18.2 Å². The molecule has 1 aliphatic rings. The standard InChI is InChI=1S/C18H16N4S/c1-12-10-13-4-2-3-5-17(13)22(12)18(23)21-14-6-7-15-16(11-14)20-9-8-19-15/h2-9,11-12H,10H2,1H3,(H,21,23). The molecule has 0 aliphatic carbocycles. The predicted octanol–water partition coefficient (Wildman–Crippen LogP) is 3.78. The molecule has 0 amide bonds. The number of rotatable bonds is 1. The van der Waals surface area contributed by atoms with Gasteiger partial charge in [-0.05, 0) is 55.4 Å². The van der Waals surface area contributed by atoms with Gasteiger partial charge in [0, 0.05) is 29.8 Å². The number of nitrogens with one attached hydrogen (secondary N) is 1. The zero-order valence-corrected chi connectivity index (χ0v) is 13.5. The van der Waals surface area contributed by atoms with E-state index in [4.69, 9.17) is 12.2 Å². The molecular formula is C18H16N4S. The fourth-order valence-corrected chi connectivity index (χ4v) is 3.50. The molecule has 5 heteroatoms. The fraction of sp³-hybridized carbons (Fsp3) is 0.167. The van der Waals surface area contributed by atoms with Crippen LogP contribution < -0.4 is 10.2 Å². The number of hydrogen-bond acceptors (Lipinski definition) is 3. The minimum Gasteiger partial charge on any atom is -0.332 e. The van der Waals surface area contributed by atoms with Gasteiger partial charge in [-0.15, -0.1) is 0 Å². The molecule has 1 aliphatic heterocycles. The number of anilines is 2. The van der Waals surface area contributed by atoms with Gasteiger partial charge in [0.1, 0.15) is 0 Å². The molecule has 0 saturated heterocycles. The molecule has 1 unspecified atom stereocenters. The Balaban J connectivity index is 1.62. The van der Waals surface area contributed by atoms with E-state index in [2.05, 4.69) is 51.4 Å². The Labute approximate surface area is 140 Å². The third-order valence-electron chi connectivity index (χ3n) is 4.15. The normalized spacial score (nSPS) is 16.4. The molecule has 0 saturated carbocycles. The number of fused-ring (bicyclic) bond motifs is 2. The zero-order chi connectivity index (χ0) is 15.8. The third-order valence-corrected chi connectivity index (χ3v) is 4.45. The van der Waals surface area contributed by atoms with E-state index < -0.39 is 0 Å². The summed E-state index contributed by atoms with van der Waals surface area (Å²) in [6.07, 6.45) is 4.41. The van der Waals surface area contributed by atoms with Crippen molar-refractivity contribution in [3.63, 3.8) is 0 Å². The lowest BCUT2D eigenvalue weighted by atomic mass is 10.1. The Hall–Kier alpha value is -2.53. The molecule has 0 fully saturated rings. The van der Waals surface area contributed by atoms with Crippen LogP contribution in [-0.2, 0) is 6.42 Å². The second-order valence-corrected chi connectivity index (χ2v) is 6.13. The van der Waals surface area contributed by atoms with Crippen molar-refractivity contribution in [2.45, 2.75) is 19.4 Å². The predicted molar refractivity (Wildman–Crippen MR) is 97.8 cm³/mol. The topological polar surface area (TPSA) is 41.0 Å². The Morgan fingerprint density at radius 1 is 1.13 bits per heavy atom. The van der Waals surface area contributed by atoms with Crippen molar-refractivity contribution >= 4 is 39.7 Å². The highest BCUT2D eigenvalue weighted by Gasteiger charge is 2.28. The summed E-state index contributed by atoms with van der Waals surface area (Å²) in [4.78, 5) is 10.8. The molecule has 4 nitrogen and oxygen atoms in total. The smallest absolute Gasteiger partial charge is 0.178 e.